The Kier molecular flexibility index (Phi) is 5.30. The standard InChI is InChI=1S/C18H19FN6O2/c1-2-25-15-14(24-18(25)20)9-12(10-23-15)17(27)22-8-7-21-16(26)11-3-5-13(19)6-4-11/h3-6,9-10H,2,7-8H2,1H3,(H2,20,24)(H,21,26)(H,22,27). The van der Waals surface area contributed by atoms with Crippen molar-refractivity contribution in [3.05, 3.63) is 53.5 Å². The van der Waals surface area contributed by atoms with Crippen LogP contribution in [0.25, 0.3) is 11.2 Å². The molecule has 1 aromatic carbocycles. The van der Waals surface area contributed by atoms with Crippen LogP contribution in [0.2, 0.25) is 0 Å². The van der Waals surface area contributed by atoms with Crippen LogP contribution in [0.5, 0.6) is 0 Å². The molecule has 3 aromatic rings. The number of imidazole rings is 1. The van der Waals surface area contributed by atoms with Crippen molar-refractivity contribution in [1.29, 1.82) is 0 Å². The Morgan fingerprint density at radius 3 is 2.37 bits per heavy atom. The lowest BCUT2D eigenvalue weighted by Gasteiger charge is -2.07. The maximum Gasteiger partial charge on any atom is 0.252 e. The summed E-state index contributed by atoms with van der Waals surface area (Å²) in [6.45, 7) is 3.03. The van der Waals surface area contributed by atoms with Gasteiger partial charge in [0.25, 0.3) is 11.8 Å². The number of aromatic nitrogens is 3. The van der Waals surface area contributed by atoms with E-state index in [0.29, 0.717) is 34.8 Å². The first-order chi connectivity index (χ1) is 13.0. The summed E-state index contributed by atoms with van der Waals surface area (Å²) in [6.07, 6.45) is 1.46. The predicted molar refractivity (Wildman–Crippen MR) is 98.7 cm³/mol. The topological polar surface area (TPSA) is 115 Å². The maximum absolute atomic E-state index is 12.9. The Bertz CT molecular complexity index is 983. The number of anilines is 1. The van der Waals surface area contributed by atoms with Crippen molar-refractivity contribution >= 4 is 28.9 Å². The summed E-state index contributed by atoms with van der Waals surface area (Å²) < 4.78 is 14.6. The smallest absolute Gasteiger partial charge is 0.252 e. The minimum Gasteiger partial charge on any atom is -0.369 e. The Balaban J connectivity index is 1.54. The molecule has 27 heavy (non-hydrogen) atoms. The average molecular weight is 370 g/mol. The van der Waals surface area contributed by atoms with Gasteiger partial charge in [0, 0.05) is 31.4 Å². The normalized spacial score (nSPS) is 10.7. The van der Waals surface area contributed by atoms with Crippen LogP contribution in [0.4, 0.5) is 10.3 Å². The zero-order valence-corrected chi connectivity index (χ0v) is 14.7. The molecule has 0 atom stereocenters. The van der Waals surface area contributed by atoms with E-state index >= 15 is 0 Å². The van der Waals surface area contributed by atoms with Crippen molar-refractivity contribution in [2.75, 3.05) is 18.8 Å². The van der Waals surface area contributed by atoms with Crippen LogP contribution in [0.1, 0.15) is 27.6 Å². The van der Waals surface area contributed by atoms with Crippen LogP contribution in [0.3, 0.4) is 0 Å². The number of hydrogen-bond donors (Lipinski definition) is 3. The summed E-state index contributed by atoms with van der Waals surface area (Å²) in [5.41, 5.74) is 7.70. The SMILES string of the molecule is CCn1c(N)nc2cc(C(=O)NCCNC(=O)c3ccc(F)cc3)cnc21. The van der Waals surface area contributed by atoms with Crippen LogP contribution in [-0.4, -0.2) is 39.4 Å². The van der Waals surface area contributed by atoms with Gasteiger partial charge >= 0.3 is 0 Å². The zero-order valence-electron chi connectivity index (χ0n) is 14.7. The maximum atomic E-state index is 12.9. The van der Waals surface area contributed by atoms with Crippen LogP contribution in [-0.2, 0) is 6.54 Å². The van der Waals surface area contributed by atoms with Gasteiger partial charge in [-0.05, 0) is 37.3 Å². The van der Waals surface area contributed by atoms with Crippen molar-refractivity contribution < 1.29 is 14.0 Å². The first-order valence-electron chi connectivity index (χ1n) is 8.43. The van der Waals surface area contributed by atoms with Crippen molar-refractivity contribution in [3.63, 3.8) is 0 Å². The molecule has 0 spiro atoms. The lowest BCUT2D eigenvalue weighted by Crippen LogP contribution is -2.34. The number of fused-ring (bicyclic) bond motifs is 1. The minimum absolute atomic E-state index is 0.231. The summed E-state index contributed by atoms with van der Waals surface area (Å²) in [5, 5.41) is 5.34. The summed E-state index contributed by atoms with van der Waals surface area (Å²) in [6, 6.07) is 6.84. The molecular weight excluding hydrogens is 351 g/mol. The van der Waals surface area contributed by atoms with E-state index in [9.17, 15) is 14.0 Å². The summed E-state index contributed by atoms with van der Waals surface area (Å²) in [7, 11) is 0. The predicted octanol–water partition coefficient (Wildman–Crippen LogP) is 1.33. The number of carbonyl (C=O) groups excluding carboxylic acids is 2. The number of aryl methyl sites for hydroxylation is 1. The van der Waals surface area contributed by atoms with Crippen LogP contribution in [0, 0.1) is 5.82 Å². The molecule has 0 saturated carbocycles. The summed E-state index contributed by atoms with van der Waals surface area (Å²) in [4.78, 5) is 32.6. The molecule has 0 aliphatic heterocycles. The van der Waals surface area contributed by atoms with Gasteiger partial charge in [0.1, 0.15) is 11.3 Å². The third-order valence-electron chi connectivity index (χ3n) is 4.00. The second-order valence-electron chi connectivity index (χ2n) is 5.80. The first kappa shape index (κ1) is 18.3. The molecular formula is C18H19FN6O2. The fourth-order valence-electron chi connectivity index (χ4n) is 2.62. The van der Waals surface area contributed by atoms with E-state index < -0.39 is 5.82 Å². The number of nitrogens with two attached hydrogens (primary N) is 1. The zero-order chi connectivity index (χ0) is 19.4. The number of halogens is 1. The highest BCUT2D eigenvalue weighted by atomic mass is 19.1. The lowest BCUT2D eigenvalue weighted by molar-refractivity contribution is 0.0927. The van der Waals surface area contributed by atoms with E-state index in [0.717, 1.165) is 0 Å². The Morgan fingerprint density at radius 2 is 1.74 bits per heavy atom. The van der Waals surface area contributed by atoms with Crippen LogP contribution < -0.4 is 16.4 Å². The molecule has 8 nitrogen and oxygen atoms in total. The molecule has 0 bridgehead atoms. The van der Waals surface area contributed by atoms with E-state index in [1.807, 2.05) is 6.92 Å². The summed E-state index contributed by atoms with van der Waals surface area (Å²) >= 11 is 0. The number of carbonyl (C=O) groups is 2. The van der Waals surface area contributed by atoms with Gasteiger partial charge in [-0.3, -0.25) is 14.2 Å². The number of pyridine rings is 1. The molecule has 140 valence electrons. The van der Waals surface area contributed by atoms with E-state index in [1.54, 1.807) is 10.6 Å². The minimum atomic E-state index is -0.407. The van der Waals surface area contributed by atoms with Gasteiger partial charge in [-0.2, -0.15) is 0 Å². The highest BCUT2D eigenvalue weighted by Crippen LogP contribution is 2.16. The first-order valence-corrected chi connectivity index (χ1v) is 8.43. The Labute approximate surface area is 154 Å². The molecule has 4 N–H and O–H groups in total. The molecule has 0 aliphatic rings. The van der Waals surface area contributed by atoms with E-state index in [-0.39, 0.29) is 24.9 Å². The van der Waals surface area contributed by atoms with Gasteiger partial charge in [-0.25, -0.2) is 14.4 Å². The monoisotopic (exact) mass is 370 g/mol. The fourth-order valence-corrected chi connectivity index (χ4v) is 2.62. The van der Waals surface area contributed by atoms with E-state index in [2.05, 4.69) is 20.6 Å². The lowest BCUT2D eigenvalue weighted by atomic mass is 10.2. The molecule has 0 saturated heterocycles. The molecule has 0 unspecified atom stereocenters. The number of hydrogen-bond acceptors (Lipinski definition) is 5. The van der Waals surface area contributed by atoms with Crippen LogP contribution in [0.15, 0.2) is 36.5 Å². The molecule has 0 radical (unpaired) electrons. The quantitative estimate of drug-likeness (QED) is 0.566. The fraction of sp³-hybridized carbons (Fsp3) is 0.222. The van der Waals surface area contributed by atoms with Crippen molar-refractivity contribution in [2.45, 2.75) is 13.5 Å². The highest BCUT2D eigenvalue weighted by molar-refractivity contribution is 5.97. The van der Waals surface area contributed by atoms with Gasteiger partial charge in [0.15, 0.2) is 5.65 Å². The molecule has 2 heterocycles. The van der Waals surface area contributed by atoms with Crippen molar-refractivity contribution in [1.82, 2.24) is 25.2 Å². The third-order valence-corrected chi connectivity index (χ3v) is 4.00. The third kappa shape index (κ3) is 4.02. The highest BCUT2D eigenvalue weighted by Gasteiger charge is 2.12. The van der Waals surface area contributed by atoms with E-state index in [1.165, 1.54) is 30.5 Å². The molecule has 3 rings (SSSR count). The number of nitrogens with one attached hydrogen (secondary N) is 2. The molecule has 2 aromatic heterocycles. The second kappa shape index (κ2) is 7.81. The van der Waals surface area contributed by atoms with Gasteiger partial charge in [0.2, 0.25) is 5.95 Å². The largest absolute Gasteiger partial charge is 0.369 e. The molecule has 0 fully saturated rings. The molecule has 9 heteroatoms. The number of benzene rings is 1. The van der Waals surface area contributed by atoms with Gasteiger partial charge in [-0.15, -0.1) is 0 Å². The number of rotatable bonds is 6. The average Bonchev–Trinajstić information content (AvgIpc) is 2.99. The van der Waals surface area contributed by atoms with Crippen molar-refractivity contribution in [2.24, 2.45) is 0 Å². The number of amides is 2. The number of nitrogens with zero attached hydrogens (tertiary/aromatic N) is 3. The second-order valence-corrected chi connectivity index (χ2v) is 5.80. The van der Waals surface area contributed by atoms with E-state index in [4.69, 9.17) is 5.73 Å². The van der Waals surface area contributed by atoms with Crippen LogP contribution >= 0.6 is 0 Å². The Morgan fingerprint density at radius 1 is 1.11 bits per heavy atom. The van der Waals surface area contributed by atoms with Gasteiger partial charge in [0.05, 0.1) is 5.56 Å². The summed E-state index contributed by atoms with van der Waals surface area (Å²) in [5.74, 6) is -0.728. The molecule has 0 aliphatic carbocycles. The van der Waals surface area contributed by atoms with Crippen molar-refractivity contribution in [3.8, 4) is 0 Å². The Hall–Kier alpha value is -3.49. The number of nitrogen functional groups attached to an aromatic ring is 1. The van der Waals surface area contributed by atoms with Gasteiger partial charge in [-0.1, -0.05) is 0 Å². The van der Waals surface area contributed by atoms with Gasteiger partial charge < -0.3 is 16.4 Å². The molecule has 2 amide bonds.